The third-order valence-corrected chi connectivity index (χ3v) is 4.37. The quantitative estimate of drug-likeness (QED) is 0.613. The Bertz CT molecular complexity index is 937. The molecule has 2 aromatic heterocycles. The highest BCUT2D eigenvalue weighted by Crippen LogP contribution is 2.28. The molecule has 3 aromatic rings. The SMILES string of the molecule is CCn1c(=O)nc(-c2cccc(Cl)c2)c2ccc(C(C)Br)nc21. The van der Waals surface area contributed by atoms with Crippen LogP contribution in [0.25, 0.3) is 22.3 Å². The topological polar surface area (TPSA) is 47.8 Å². The van der Waals surface area contributed by atoms with Gasteiger partial charge in [-0.1, -0.05) is 39.7 Å². The lowest BCUT2D eigenvalue weighted by Gasteiger charge is -2.12. The van der Waals surface area contributed by atoms with Crippen molar-refractivity contribution in [3.05, 3.63) is 57.6 Å². The van der Waals surface area contributed by atoms with Gasteiger partial charge in [-0.15, -0.1) is 0 Å². The number of hydrogen-bond acceptors (Lipinski definition) is 3. The Hall–Kier alpha value is -1.72. The lowest BCUT2D eigenvalue weighted by Crippen LogP contribution is -2.24. The molecule has 0 amide bonds. The van der Waals surface area contributed by atoms with Gasteiger partial charge in [0, 0.05) is 22.5 Å². The minimum absolute atomic E-state index is 0.107. The van der Waals surface area contributed by atoms with Gasteiger partial charge in [0.25, 0.3) is 0 Å². The molecule has 2 heterocycles. The van der Waals surface area contributed by atoms with Crippen LogP contribution in [0, 0.1) is 0 Å². The van der Waals surface area contributed by atoms with Gasteiger partial charge in [0.1, 0.15) is 5.65 Å². The molecular weight excluding hydrogens is 378 g/mol. The molecule has 3 rings (SSSR count). The van der Waals surface area contributed by atoms with E-state index in [-0.39, 0.29) is 10.5 Å². The summed E-state index contributed by atoms with van der Waals surface area (Å²) >= 11 is 9.60. The van der Waals surface area contributed by atoms with E-state index in [0.29, 0.717) is 22.9 Å². The zero-order valence-electron chi connectivity index (χ0n) is 12.8. The Kier molecular flexibility index (Phi) is 4.50. The van der Waals surface area contributed by atoms with Crippen LogP contribution in [0.15, 0.2) is 41.2 Å². The first-order valence-electron chi connectivity index (χ1n) is 7.32. The van der Waals surface area contributed by atoms with Gasteiger partial charge >= 0.3 is 5.69 Å². The normalized spacial score (nSPS) is 12.5. The maximum atomic E-state index is 12.4. The number of aryl methyl sites for hydroxylation is 1. The molecule has 0 radical (unpaired) electrons. The molecule has 1 atom stereocenters. The van der Waals surface area contributed by atoms with Crippen molar-refractivity contribution < 1.29 is 0 Å². The van der Waals surface area contributed by atoms with E-state index < -0.39 is 0 Å². The average molecular weight is 393 g/mol. The van der Waals surface area contributed by atoms with Crippen LogP contribution in [0.1, 0.15) is 24.4 Å². The van der Waals surface area contributed by atoms with Gasteiger partial charge in [-0.3, -0.25) is 4.57 Å². The second-order valence-corrected chi connectivity index (χ2v) is 7.03. The van der Waals surface area contributed by atoms with Gasteiger partial charge in [-0.25, -0.2) is 9.78 Å². The maximum absolute atomic E-state index is 12.4. The fourth-order valence-electron chi connectivity index (χ4n) is 2.52. The van der Waals surface area contributed by atoms with E-state index in [1.807, 2.05) is 38.1 Å². The highest BCUT2D eigenvalue weighted by atomic mass is 79.9. The summed E-state index contributed by atoms with van der Waals surface area (Å²) in [5, 5.41) is 1.45. The van der Waals surface area contributed by atoms with Crippen LogP contribution in [-0.4, -0.2) is 14.5 Å². The standard InChI is InChI=1S/C17H15BrClN3O/c1-3-22-16-13(7-8-14(20-16)10(2)18)15(21-17(22)23)11-5-4-6-12(19)9-11/h4-10H,3H2,1-2H3. The van der Waals surface area contributed by atoms with Crippen LogP contribution in [0.4, 0.5) is 0 Å². The zero-order chi connectivity index (χ0) is 16.6. The monoisotopic (exact) mass is 391 g/mol. The van der Waals surface area contributed by atoms with E-state index in [0.717, 1.165) is 16.6 Å². The van der Waals surface area contributed by atoms with Gasteiger partial charge in [-0.2, -0.15) is 4.98 Å². The van der Waals surface area contributed by atoms with E-state index >= 15 is 0 Å². The van der Waals surface area contributed by atoms with Crippen molar-refractivity contribution in [2.75, 3.05) is 0 Å². The summed E-state index contributed by atoms with van der Waals surface area (Å²) in [5.41, 5.74) is 2.64. The van der Waals surface area contributed by atoms with Crippen LogP contribution in [0.5, 0.6) is 0 Å². The average Bonchev–Trinajstić information content (AvgIpc) is 2.53. The highest BCUT2D eigenvalue weighted by Gasteiger charge is 2.14. The molecule has 0 spiro atoms. The molecule has 0 aliphatic heterocycles. The fourth-order valence-corrected chi connectivity index (χ4v) is 2.97. The number of fused-ring (bicyclic) bond motifs is 1. The van der Waals surface area contributed by atoms with E-state index in [2.05, 4.69) is 25.9 Å². The Morgan fingerprint density at radius 1 is 1.26 bits per heavy atom. The van der Waals surface area contributed by atoms with Crippen molar-refractivity contribution in [3.63, 3.8) is 0 Å². The first-order chi connectivity index (χ1) is 11.0. The number of rotatable bonds is 3. The van der Waals surface area contributed by atoms with Crippen LogP contribution in [0.2, 0.25) is 5.02 Å². The van der Waals surface area contributed by atoms with Crippen LogP contribution >= 0.6 is 27.5 Å². The first kappa shape index (κ1) is 16.1. The van der Waals surface area contributed by atoms with E-state index in [9.17, 15) is 4.79 Å². The Morgan fingerprint density at radius 2 is 2.04 bits per heavy atom. The molecule has 0 aliphatic rings. The number of nitrogens with zero attached hydrogens (tertiary/aromatic N) is 3. The van der Waals surface area contributed by atoms with Crippen LogP contribution in [-0.2, 0) is 6.54 Å². The molecule has 1 aromatic carbocycles. The molecule has 1 unspecified atom stereocenters. The highest BCUT2D eigenvalue weighted by molar-refractivity contribution is 9.09. The Labute approximate surface area is 147 Å². The predicted molar refractivity (Wildman–Crippen MR) is 97.3 cm³/mol. The molecule has 0 bridgehead atoms. The molecule has 6 heteroatoms. The molecule has 0 saturated carbocycles. The molecule has 118 valence electrons. The molecule has 0 N–H and O–H groups in total. The second-order valence-electron chi connectivity index (χ2n) is 5.22. The lowest BCUT2D eigenvalue weighted by atomic mass is 10.1. The predicted octanol–water partition coefficient (Wildman–Crippen LogP) is 4.59. The number of alkyl halides is 1. The number of pyridine rings is 1. The lowest BCUT2D eigenvalue weighted by molar-refractivity contribution is 0.721. The largest absolute Gasteiger partial charge is 0.349 e. The molecule has 0 saturated heterocycles. The van der Waals surface area contributed by atoms with Crippen molar-refractivity contribution >= 4 is 38.6 Å². The molecule has 23 heavy (non-hydrogen) atoms. The second kappa shape index (κ2) is 6.42. The Morgan fingerprint density at radius 3 is 2.70 bits per heavy atom. The third-order valence-electron chi connectivity index (χ3n) is 3.67. The van der Waals surface area contributed by atoms with Crippen molar-refractivity contribution in [1.82, 2.24) is 14.5 Å². The molecule has 0 aliphatic carbocycles. The van der Waals surface area contributed by atoms with Crippen LogP contribution < -0.4 is 5.69 Å². The molecular formula is C17H15BrClN3O. The van der Waals surface area contributed by atoms with E-state index in [1.165, 1.54) is 0 Å². The van der Waals surface area contributed by atoms with Gasteiger partial charge in [0.05, 0.1) is 16.2 Å². The summed E-state index contributed by atoms with van der Waals surface area (Å²) < 4.78 is 1.59. The third kappa shape index (κ3) is 3.03. The van der Waals surface area contributed by atoms with Crippen LogP contribution in [0.3, 0.4) is 0 Å². The Balaban J connectivity index is 2.38. The summed E-state index contributed by atoms with van der Waals surface area (Å²) in [6.07, 6.45) is 0. The summed E-state index contributed by atoms with van der Waals surface area (Å²) in [7, 11) is 0. The number of halogens is 2. The zero-order valence-corrected chi connectivity index (χ0v) is 15.1. The maximum Gasteiger partial charge on any atom is 0.349 e. The number of aromatic nitrogens is 3. The fraction of sp³-hybridized carbons (Fsp3) is 0.235. The molecule has 0 fully saturated rings. The number of benzene rings is 1. The molecule has 4 nitrogen and oxygen atoms in total. The summed E-state index contributed by atoms with van der Waals surface area (Å²) in [6.45, 7) is 4.43. The summed E-state index contributed by atoms with van der Waals surface area (Å²) in [4.78, 5) is 21.4. The summed E-state index contributed by atoms with van der Waals surface area (Å²) in [5.74, 6) is 0. The van der Waals surface area contributed by atoms with Gasteiger partial charge < -0.3 is 0 Å². The minimum Gasteiger partial charge on any atom is -0.276 e. The van der Waals surface area contributed by atoms with Crippen molar-refractivity contribution in [2.45, 2.75) is 25.2 Å². The van der Waals surface area contributed by atoms with Crippen molar-refractivity contribution in [2.24, 2.45) is 0 Å². The van der Waals surface area contributed by atoms with Gasteiger partial charge in [-0.05, 0) is 38.1 Å². The van der Waals surface area contributed by atoms with E-state index in [1.54, 1.807) is 16.7 Å². The van der Waals surface area contributed by atoms with Crippen molar-refractivity contribution in [1.29, 1.82) is 0 Å². The van der Waals surface area contributed by atoms with Gasteiger partial charge in [0.2, 0.25) is 0 Å². The summed E-state index contributed by atoms with van der Waals surface area (Å²) in [6, 6.07) is 11.2. The minimum atomic E-state index is -0.304. The van der Waals surface area contributed by atoms with Crippen molar-refractivity contribution in [3.8, 4) is 11.3 Å². The first-order valence-corrected chi connectivity index (χ1v) is 8.62. The van der Waals surface area contributed by atoms with E-state index in [4.69, 9.17) is 11.6 Å². The van der Waals surface area contributed by atoms with Gasteiger partial charge in [0.15, 0.2) is 0 Å². The smallest absolute Gasteiger partial charge is 0.276 e. The number of hydrogen-bond donors (Lipinski definition) is 0.